The van der Waals surface area contributed by atoms with Gasteiger partial charge in [-0.1, -0.05) is 6.92 Å². The molecule has 5 heteroatoms. The molecule has 0 spiro atoms. The number of aromatic nitrogens is 1. The van der Waals surface area contributed by atoms with Crippen molar-refractivity contribution in [2.24, 2.45) is 0 Å². The van der Waals surface area contributed by atoms with Crippen LogP contribution in [0.5, 0.6) is 0 Å². The van der Waals surface area contributed by atoms with E-state index in [2.05, 4.69) is 46.3 Å². The van der Waals surface area contributed by atoms with Crippen LogP contribution in [0, 0.1) is 0 Å². The fourth-order valence-electron chi connectivity index (χ4n) is 2.39. The van der Waals surface area contributed by atoms with Crippen molar-refractivity contribution in [2.45, 2.75) is 51.7 Å². The predicted octanol–water partition coefficient (Wildman–Crippen LogP) is 4.43. The van der Waals surface area contributed by atoms with Crippen LogP contribution < -0.4 is 10.2 Å². The average Bonchev–Trinajstić information content (AvgIpc) is 3.01. The number of hydrogen-bond acceptors (Lipinski definition) is 5. The Morgan fingerprint density at radius 2 is 2.29 bits per heavy atom. The second kappa shape index (κ2) is 6.90. The first-order valence-corrected chi connectivity index (χ1v) is 9.56. The highest BCUT2D eigenvalue weighted by molar-refractivity contribution is 7.13. The smallest absolute Gasteiger partial charge is 0.186 e. The maximum atomic E-state index is 4.89. The molecule has 1 unspecified atom stereocenters. The molecule has 1 fully saturated rings. The van der Waals surface area contributed by atoms with Crippen molar-refractivity contribution in [3.8, 4) is 0 Å². The number of anilines is 1. The standard InChI is InChI=1S/C16H23N3S2/c1-3-7-17-12(2)15-11-21-16(18-15)19(14-4-5-14)9-13-6-8-20-10-13/h6,8,10-12,14,17H,3-5,7,9H2,1-2H3. The molecule has 21 heavy (non-hydrogen) atoms. The second-order valence-electron chi connectivity index (χ2n) is 5.72. The lowest BCUT2D eigenvalue weighted by Crippen LogP contribution is -2.25. The predicted molar refractivity (Wildman–Crippen MR) is 92.3 cm³/mol. The minimum absolute atomic E-state index is 0.345. The van der Waals surface area contributed by atoms with Crippen LogP contribution in [0.3, 0.4) is 0 Å². The second-order valence-corrected chi connectivity index (χ2v) is 7.34. The van der Waals surface area contributed by atoms with E-state index in [1.54, 1.807) is 22.7 Å². The lowest BCUT2D eigenvalue weighted by molar-refractivity contribution is 0.560. The molecule has 1 atom stereocenters. The van der Waals surface area contributed by atoms with Crippen LogP contribution >= 0.6 is 22.7 Å². The third-order valence-electron chi connectivity index (χ3n) is 3.82. The van der Waals surface area contributed by atoms with E-state index in [-0.39, 0.29) is 0 Å². The summed E-state index contributed by atoms with van der Waals surface area (Å²) in [6.07, 6.45) is 3.78. The summed E-state index contributed by atoms with van der Waals surface area (Å²) >= 11 is 3.56. The molecule has 0 saturated heterocycles. The van der Waals surface area contributed by atoms with E-state index >= 15 is 0 Å². The minimum atomic E-state index is 0.345. The fraction of sp³-hybridized carbons (Fsp3) is 0.562. The Kier molecular flexibility index (Phi) is 4.93. The molecule has 3 nitrogen and oxygen atoms in total. The normalized spacial score (nSPS) is 16.1. The van der Waals surface area contributed by atoms with Gasteiger partial charge in [0.25, 0.3) is 0 Å². The summed E-state index contributed by atoms with van der Waals surface area (Å²) in [5.74, 6) is 0. The fourth-order valence-corrected chi connectivity index (χ4v) is 4.04. The van der Waals surface area contributed by atoms with Gasteiger partial charge in [0, 0.05) is 24.0 Å². The van der Waals surface area contributed by atoms with Crippen LogP contribution in [-0.4, -0.2) is 17.6 Å². The molecule has 1 N–H and O–H groups in total. The van der Waals surface area contributed by atoms with E-state index in [1.165, 1.54) is 29.2 Å². The first-order valence-electron chi connectivity index (χ1n) is 7.74. The van der Waals surface area contributed by atoms with E-state index in [0.29, 0.717) is 12.1 Å². The Balaban J connectivity index is 1.70. The molecule has 2 aromatic rings. The van der Waals surface area contributed by atoms with Crippen LogP contribution in [0.2, 0.25) is 0 Å². The van der Waals surface area contributed by atoms with Crippen molar-refractivity contribution < 1.29 is 0 Å². The molecule has 2 aromatic heterocycles. The Bertz CT molecular complexity index is 546. The number of nitrogens with one attached hydrogen (secondary N) is 1. The molecular formula is C16H23N3S2. The monoisotopic (exact) mass is 321 g/mol. The maximum Gasteiger partial charge on any atom is 0.186 e. The van der Waals surface area contributed by atoms with Gasteiger partial charge in [0.2, 0.25) is 0 Å². The molecule has 0 aliphatic heterocycles. The summed E-state index contributed by atoms with van der Waals surface area (Å²) in [6.45, 7) is 6.45. The zero-order valence-corrected chi connectivity index (χ0v) is 14.3. The number of thiazole rings is 1. The van der Waals surface area contributed by atoms with Crippen molar-refractivity contribution in [3.63, 3.8) is 0 Å². The van der Waals surface area contributed by atoms with Gasteiger partial charge < -0.3 is 10.2 Å². The highest BCUT2D eigenvalue weighted by Crippen LogP contribution is 2.35. The van der Waals surface area contributed by atoms with Crippen LogP contribution in [0.1, 0.15) is 50.4 Å². The number of nitrogens with zero attached hydrogens (tertiary/aromatic N) is 2. The van der Waals surface area contributed by atoms with Crippen LogP contribution in [0.25, 0.3) is 0 Å². The van der Waals surface area contributed by atoms with Crippen molar-refractivity contribution in [2.75, 3.05) is 11.4 Å². The van der Waals surface area contributed by atoms with Crippen LogP contribution in [0.15, 0.2) is 22.2 Å². The van der Waals surface area contributed by atoms with Crippen molar-refractivity contribution in [3.05, 3.63) is 33.5 Å². The van der Waals surface area contributed by atoms with Crippen LogP contribution in [-0.2, 0) is 6.54 Å². The zero-order chi connectivity index (χ0) is 14.7. The average molecular weight is 322 g/mol. The Morgan fingerprint density at radius 1 is 1.43 bits per heavy atom. The van der Waals surface area contributed by atoms with E-state index in [9.17, 15) is 0 Å². The molecule has 1 aliphatic rings. The summed E-state index contributed by atoms with van der Waals surface area (Å²) in [5, 5.41) is 11.3. The van der Waals surface area contributed by atoms with Gasteiger partial charge in [0.15, 0.2) is 5.13 Å². The summed E-state index contributed by atoms with van der Waals surface area (Å²) in [5.41, 5.74) is 2.58. The molecule has 1 saturated carbocycles. The van der Waals surface area contributed by atoms with Crippen molar-refractivity contribution in [1.82, 2.24) is 10.3 Å². The lowest BCUT2D eigenvalue weighted by atomic mass is 10.2. The lowest BCUT2D eigenvalue weighted by Gasteiger charge is -2.21. The summed E-state index contributed by atoms with van der Waals surface area (Å²) < 4.78 is 0. The molecule has 1 aliphatic carbocycles. The van der Waals surface area contributed by atoms with E-state index in [4.69, 9.17) is 4.98 Å². The third-order valence-corrected chi connectivity index (χ3v) is 5.45. The van der Waals surface area contributed by atoms with Gasteiger partial charge in [0.05, 0.1) is 5.69 Å². The van der Waals surface area contributed by atoms with Gasteiger partial charge in [-0.05, 0) is 55.1 Å². The first-order chi connectivity index (χ1) is 10.3. The summed E-state index contributed by atoms with van der Waals surface area (Å²) in [7, 11) is 0. The minimum Gasteiger partial charge on any atom is -0.341 e. The van der Waals surface area contributed by atoms with E-state index in [0.717, 1.165) is 19.5 Å². The van der Waals surface area contributed by atoms with E-state index < -0.39 is 0 Å². The molecule has 3 rings (SSSR count). The van der Waals surface area contributed by atoms with Gasteiger partial charge in [-0.15, -0.1) is 11.3 Å². The largest absolute Gasteiger partial charge is 0.341 e. The first kappa shape index (κ1) is 15.0. The molecule has 2 heterocycles. The maximum absolute atomic E-state index is 4.89. The van der Waals surface area contributed by atoms with Gasteiger partial charge in [-0.2, -0.15) is 11.3 Å². The highest BCUT2D eigenvalue weighted by atomic mass is 32.1. The number of thiophene rings is 1. The van der Waals surface area contributed by atoms with Crippen molar-refractivity contribution in [1.29, 1.82) is 0 Å². The quantitative estimate of drug-likeness (QED) is 0.779. The molecule has 0 amide bonds. The van der Waals surface area contributed by atoms with Gasteiger partial charge in [0.1, 0.15) is 0 Å². The van der Waals surface area contributed by atoms with Gasteiger partial charge >= 0.3 is 0 Å². The van der Waals surface area contributed by atoms with Gasteiger partial charge in [-0.3, -0.25) is 0 Å². The third kappa shape index (κ3) is 3.84. The van der Waals surface area contributed by atoms with Crippen LogP contribution in [0.4, 0.5) is 5.13 Å². The van der Waals surface area contributed by atoms with Gasteiger partial charge in [-0.25, -0.2) is 4.98 Å². The molecule has 114 valence electrons. The Hall–Kier alpha value is -0.910. The summed E-state index contributed by atoms with van der Waals surface area (Å²) in [4.78, 5) is 7.38. The number of rotatable bonds is 8. The summed E-state index contributed by atoms with van der Waals surface area (Å²) in [6, 6.07) is 3.26. The van der Waals surface area contributed by atoms with Crippen molar-refractivity contribution >= 4 is 27.8 Å². The van der Waals surface area contributed by atoms with E-state index in [1.807, 2.05) is 0 Å². The molecular weight excluding hydrogens is 298 g/mol. The molecule has 0 aromatic carbocycles. The number of hydrogen-bond donors (Lipinski definition) is 1. The molecule has 0 radical (unpaired) electrons. The SMILES string of the molecule is CCCNC(C)c1csc(N(Cc2ccsc2)C2CC2)n1. The Morgan fingerprint density at radius 3 is 2.95 bits per heavy atom. The Labute approximate surface area is 135 Å². The molecule has 0 bridgehead atoms. The topological polar surface area (TPSA) is 28.2 Å². The zero-order valence-electron chi connectivity index (χ0n) is 12.7. The highest BCUT2D eigenvalue weighted by Gasteiger charge is 2.31.